The van der Waals surface area contributed by atoms with E-state index < -0.39 is 0 Å². The molecule has 3 heterocycles. The van der Waals surface area contributed by atoms with Gasteiger partial charge in [-0.3, -0.25) is 4.79 Å². The second-order valence-electron chi connectivity index (χ2n) is 6.27. The summed E-state index contributed by atoms with van der Waals surface area (Å²) in [6.07, 6.45) is 4.95. The van der Waals surface area contributed by atoms with Gasteiger partial charge in [0, 0.05) is 37.5 Å². The van der Waals surface area contributed by atoms with Gasteiger partial charge in [0.1, 0.15) is 0 Å². The lowest BCUT2D eigenvalue weighted by Crippen LogP contribution is -2.49. The minimum Gasteiger partial charge on any atom is -0.338 e. The van der Waals surface area contributed by atoms with E-state index in [9.17, 15) is 4.79 Å². The minimum atomic E-state index is 0.125. The number of aromatic nitrogens is 1. The Balaban J connectivity index is 1.80. The summed E-state index contributed by atoms with van der Waals surface area (Å²) in [7, 11) is 4.09. The lowest BCUT2D eigenvalue weighted by molar-refractivity contribution is 0.0549. The number of carbonyl (C=O) groups is 1. The highest BCUT2D eigenvalue weighted by atomic mass is 16.2. The first-order valence-corrected chi connectivity index (χ1v) is 7.58. The Labute approximate surface area is 126 Å². The maximum absolute atomic E-state index is 12.7. The van der Waals surface area contributed by atoms with Gasteiger partial charge in [0.15, 0.2) is 0 Å². The van der Waals surface area contributed by atoms with Crippen LogP contribution in [-0.2, 0) is 0 Å². The molecule has 21 heavy (non-hydrogen) atoms. The largest absolute Gasteiger partial charge is 0.338 e. The monoisotopic (exact) mass is 285 g/mol. The number of pyridine rings is 1. The molecule has 0 saturated carbocycles. The van der Waals surface area contributed by atoms with E-state index in [1.54, 1.807) is 0 Å². The Kier molecular flexibility index (Phi) is 3.72. The van der Waals surface area contributed by atoms with Crippen molar-refractivity contribution in [3.05, 3.63) is 42.2 Å². The summed E-state index contributed by atoms with van der Waals surface area (Å²) in [4.78, 5) is 17.0. The van der Waals surface area contributed by atoms with Crippen LogP contribution in [0.25, 0.3) is 5.52 Å². The third-order valence-corrected chi connectivity index (χ3v) is 4.63. The van der Waals surface area contributed by atoms with Crippen molar-refractivity contribution in [2.45, 2.75) is 19.4 Å². The molecular weight excluding hydrogens is 262 g/mol. The van der Waals surface area contributed by atoms with Crippen LogP contribution < -0.4 is 0 Å². The third-order valence-electron chi connectivity index (χ3n) is 4.63. The van der Waals surface area contributed by atoms with Gasteiger partial charge < -0.3 is 14.2 Å². The Hall–Kier alpha value is -1.81. The van der Waals surface area contributed by atoms with Crippen LogP contribution in [0, 0.1) is 5.92 Å². The molecule has 0 spiro atoms. The summed E-state index contributed by atoms with van der Waals surface area (Å²) in [5.74, 6) is 0.634. The van der Waals surface area contributed by atoms with Gasteiger partial charge in [-0.2, -0.15) is 0 Å². The summed E-state index contributed by atoms with van der Waals surface area (Å²) in [6.45, 7) is 4.35. The number of piperidine rings is 1. The van der Waals surface area contributed by atoms with E-state index in [0.29, 0.717) is 12.0 Å². The van der Waals surface area contributed by atoms with Crippen LogP contribution in [-0.4, -0.2) is 53.3 Å². The highest BCUT2D eigenvalue weighted by molar-refractivity contribution is 5.95. The highest BCUT2D eigenvalue weighted by Crippen LogP contribution is 2.22. The molecule has 2 atom stereocenters. The smallest absolute Gasteiger partial charge is 0.255 e. The molecule has 112 valence electrons. The molecular formula is C17H23N3O. The van der Waals surface area contributed by atoms with Crippen molar-refractivity contribution in [2.75, 3.05) is 27.2 Å². The fourth-order valence-corrected chi connectivity index (χ4v) is 3.44. The highest BCUT2D eigenvalue weighted by Gasteiger charge is 2.30. The molecule has 1 aliphatic rings. The average molecular weight is 285 g/mol. The van der Waals surface area contributed by atoms with E-state index in [1.807, 2.05) is 53.0 Å². The molecule has 0 aromatic carbocycles. The molecule has 2 aromatic rings. The van der Waals surface area contributed by atoms with Gasteiger partial charge in [-0.15, -0.1) is 0 Å². The molecule has 1 amide bonds. The number of hydrogen-bond acceptors (Lipinski definition) is 2. The Morgan fingerprint density at radius 2 is 2.19 bits per heavy atom. The zero-order chi connectivity index (χ0) is 15.0. The van der Waals surface area contributed by atoms with E-state index in [4.69, 9.17) is 0 Å². The fourth-order valence-electron chi connectivity index (χ4n) is 3.44. The van der Waals surface area contributed by atoms with Crippen LogP contribution in [0.5, 0.6) is 0 Å². The second kappa shape index (κ2) is 5.53. The van der Waals surface area contributed by atoms with Crippen molar-refractivity contribution in [2.24, 2.45) is 5.92 Å². The zero-order valence-corrected chi connectivity index (χ0v) is 13.0. The van der Waals surface area contributed by atoms with Crippen molar-refractivity contribution in [1.29, 1.82) is 0 Å². The van der Waals surface area contributed by atoms with Crippen molar-refractivity contribution in [3.8, 4) is 0 Å². The van der Waals surface area contributed by atoms with Gasteiger partial charge in [-0.25, -0.2) is 0 Å². The van der Waals surface area contributed by atoms with Gasteiger partial charge in [0.2, 0.25) is 0 Å². The van der Waals surface area contributed by atoms with Crippen molar-refractivity contribution in [1.82, 2.24) is 14.2 Å². The molecule has 1 saturated heterocycles. The standard InChI is InChI=1S/C17H23N3O/c1-13-11-18(2)9-7-16(13)19(3)17(21)14-10-15-6-4-5-8-20(15)12-14/h4-6,8,10,12-13,16H,7,9,11H2,1-3H3. The summed E-state index contributed by atoms with van der Waals surface area (Å²) >= 11 is 0. The maximum Gasteiger partial charge on any atom is 0.255 e. The number of likely N-dealkylation sites (tertiary alicyclic amines) is 1. The van der Waals surface area contributed by atoms with Crippen LogP contribution in [0.4, 0.5) is 0 Å². The molecule has 0 aliphatic carbocycles. The van der Waals surface area contributed by atoms with Crippen molar-refractivity contribution in [3.63, 3.8) is 0 Å². The molecule has 3 rings (SSSR count). The first-order chi connectivity index (χ1) is 10.1. The van der Waals surface area contributed by atoms with Crippen LogP contribution in [0.1, 0.15) is 23.7 Å². The molecule has 0 radical (unpaired) electrons. The molecule has 2 unspecified atom stereocenters. The SMILES string of the molecule is CC1CN(C)CCC1N(C)C(=O)c1cc2ccccn2c1. The topological polar surface area (TPSA) is 28.0 Å². The summed E-state index contributed by atoms with van der Waals surface area (Å²) in [5.41, 5.74) is 1.83. The predicted octanol–water partition coefficient (Wildman–Crippen LogP) is 2.35. The normalized spacial score (nSPS) is 23.4. The Morgan fingerprint density at radius 1 is 1.38 bits per heavy atom. The maximum atomic E-state index is 12.7. The molecule has 1 aliphatic heterocycles. The first kappa shape index (κ1) is 14.1. The van der Waals surface area contributed by atoms with Gasteiger partial charge in [0.25, 0.3) is 5.91 Å². The summed E-state index contributed by atoms with van der Waals surface area (Å²) in [6, 6.07) is 8.29. The fraction of sp³-hybridized carbons (Fsp3) is 0.471. The van der Waals surface area contributed by atoms with Crippen molar-refractivity contribution < 1.29 is 4.79 Å². The first-order valence-electron chi connectivity index (χ1n) is 7.58. The van der Waals surface area contributed by atoms with E-state index in [2.05, 4.69) is 18.9 Å². The molecule has 0 bridgehead atoms. The summed E-state index contributed by atoms with van der Waals surface area (Å²) < 4.78 is 2.00. The van der Waals surface area contributed by atoms with Crippen LogP contribution >= 0.6 is 0 Å². The van der Waals surface area contributed by atoms with Crippen LogP contribution in [0.2, 0.25) is 0 Å². The number of fused-ring (bicyclic) bond motifs is 1. The average Bonchev–Trinajstić information content (AvgIpc) is 2.89. The van der Waals surface area contributed by atoms with Gasteiger partial charge in [0.05, 0.1) is 5.56 Å². The molecule has 0 N–H and O–H groups in total. The molecule has 1 fully saturated rings. The van der Waals surface area contributed by atoms with Gasteiger partial charge in [-0.1, -0.05) is 13.0 Å². The van der Waals surface area contributed by atoms with E-state index in [0.717, 1.165) is 30.6 Å². The van der Waals surface area contributed by atoms with Crippen molar-refractivity contribution >= 4 is 11.4 Å². The number of amides is 1. The number of nitrogens with zero attached hydrogens (tertiary/aromatic N) is 3. The number of carbonyl (C=O) groups excluding carboxylic acids is 1. The quantitative estimate of drug-likeness (QED) is 0.847. The van der Waals surface area contributed by atoms with Crippen LogP contribution in [0.3, 0.4) is 0 Å². The molecule has 4 heteroatoms. The predicted molar refractivity (Wildman–Crippen MR) is 84.6 cm³/mol. The molecule has 2 aromatic heterocycles. The van der Waals surface area contributed by atoms with E-state index in [1.165, 1.54) is 0 Å². The number of rotatable bonds is 2. The molecule has 4 nitrogen and oxygen atoms in total. The van der Waals surface area contributed by atoms with Crippen LogP contribution in [0.15, 0.2) is 36.7 Å². The van der Waals surface area contributed by atoms with E-state index >= 15 is 0 Å². The minimum absolute atomic E-state index is 0.125. The third kappa shape index (κ3) is 2.68. The van der Waals surface area contributed by atoms with Gasteiger partial charge >= 0.3 is 0 Å². The van der Waals surface area contributed by atoms with E-state index in [-0.39, 0.29) is 5.91 Å². The second-order valence-corrected chi connectivity index (χ2v) is 6.27. The summed E-state index contributed by atoms with van der Waals surface area (Å²) in [5, 5.41) is 0. The lowest BCUT2D eigenvalue weighted by Gasteiger charge is -2.39. The Morgan fingerprint density at radius 3 is 2.90 bits per heavy atom. The lowest BCUT2D eigenvalue weighted by atomic mass is 9.92. The Bertz CT molecular complexity index is 615. The van der Waals surface area contributed by atoms with Gasteiger partial charge in [-0.05, 0) is 44.1 Å². The zero-order valence-electron chi connectivity index (χ0n) is 13.0. The number of hydrogen-bond donors (Lipinski definition) is 0.